The highest BCUT2D eigenvalue weighted by Crippen LogP contribution is 2.51. The van der Waals surface area contributed by atoms with E-state index in [0.29, 0.717) is 0 Å². The van der Waals surface area contributed by atoms with Gasteiger partial charge in [-0.15, -0.1) is 0 Å². The molecule has 4 heteroatoms. The second kappa shape index (κ2) is 17.0. The van der Waals surface area contributed by atoms with Crippen molar-refractivity contribution >= 4 is 65.4 Å². The smallest absolute Gasteiger partial charge is 0.0715 e. The molecule has 0 bridgehead atoms. The predicted octanol–water partition coefficient (Wildman–Crippen LogP) is 19.3. The number of pyridine rings is 1. The van der Waals surface area contributed by atoms with Gasteiger partial charge in [0.1, 0.15) is 0 Å². The molecule has 4 nitrogen and oxygen atoms in total. The largest absolute Gasteiger partial charge is 0.309 e. The minimum absolute atomic E-state index is 0.280. The minimum atomic E-state index is -0.280. The zero-order valence-corrected chi connectivity index (χ0v) is 43.2. The first-order chi connectivity index (χ1) is 38.4. The maximum atomic E-state index is 5.36. The summed E-state index contributed by atoms with van der Waals surface area (Å²) in [7, 11) is 0. The van der Waals surface area contributed by atoms with E-state index in [1.807, 2.05) is 0 Å². The van der Waals surface area contributed by atoms with Crippen LogP contribution in [-0.4, -0.2) is 18.7 Å². The summed E-state index contributed by atoms with van der Waals surface area (Å²) < 4.78 is 7.28. The van der Waals surface area contributed by atoms with Crippen molar-refractivity contribution in [3.8, 4) is 73.0 Å². The number of fused-ring (bicyclic) bond motifs is 12. The summed E-state index contributed by atoms with van der Waals surface area (Å²) in [6.07, 6.45) is 0. The molecule has 16 rings (SSSR count). The molecule has 0 saturated heterocycles. The fourth-order valence-corrected chi connectivity index (χ4v) is 13.1. The van der Waals surface area contributed by atoms with Crippen LogP contribution < -0.4 is 0 Å². The molecule has 15 aromatic rings. The van der Waals surface area contributed by atoms with Gasteiger partial charge in [0.05, 0.1) is 44.5 Å². The molecule has 0 N–H and O–H groups in total. The molecule has 4 heterocycles. The van der Waals surface area contributed by atoms with Gasteiger partial charge in [-0.2, -0.15) is 0 Å². The molecule has 78 heavy (non-hydrogen) atoms. The van der Waals surface area contributed by atoms with Gasteiger partial charge in [-0.25, -0.2) is 4.98 Å². The molecule has 0 saturated carbocycles. The molecule has 0 atom stereocenters. The Morgan fingerprint density at radius 1 is 0.256 bits per heavy atom. The van der Waals surface area contributed by atoms with Crippen molar-refractivity contribution < 1.29 is 0 Å². The standard InChI is InChI=1S/C74H50N4/c1-74(2)64-42-49(51-40-54(77-70-28-14-8-22-60(70)61-23-9-15-29-71(61)77)46-55(41-51)78-72-30-16-10-24-62(72)63-25-11-17-31-73(63)78)34-38-56(64)57-39-35-50(43-65(57)74)52-44-66(47-18-4-3-5-19-47)75-67(45-52)48-32-36-53(37-33-48)76-68-26-12-6-20-58(68)59-21-7-13-27-69(59)76/h3-46H,1-2H3. The first-order valence-electron chi connectivity index (χ1n) is 27.0. The second-order valence-corrected chi connectivity index (χ2v) is 21.5. The summed E-state index contributed by atoms with van der Waals surface area (Å²) in [5, 5.41) is 7.50. The molecule has 4 aromatic heterocycles. The number of hydrogen-bond acceptors (Lipinski definition) is 1. The van der Waals surface area contributed by atoms with E-state index in [-0.39, 0.29) is 5.41 Å². The predicted molar refractivity (Wildman–Crippen MR) is 327 cm³/mol. The molecule has 0 radical (unpaired) electrons. The maximum Gasteiger partial charge on any atom is 0.0715 e. The highest BCUT2D eigenvalue weighted by atomic mass is 15.0. The van der Waals surface area contributed by atoms with E-state index in [9.17, 15) is 0 Å². The zero-order valence-electron chi connectivity index (χ0n) is 43.2. The monoisotopic (exact) mass is 994 g/mol. The van der Waals surface area contributed by atoms with E-state index >= 15 is 0 Å². The first kappa shape index (κ1) is 44.3. The van der Waals surface area contributed by atoms with E-state index in [1.165, 1.54) is 104 Å². The van der Waals surface area contributed by atoms with Crippen molar-refractivity contribution in [3.05, 3.63) is 278 Å². The number of para-hydroxylation sites is 6. The Hall–Kier alpha value is -10.0. The fraction of sp³-hybridized carbons (Fsp3) is 0.0405. The summed E-state index contributed by atoms with van der Waals surface area (Å²) in [4.78, 5) is 5.36. The molecule has 0 unspecified atom stereocenters. The zero-order chi connectivity index (χ0) is 51.6. The molecule has 0 fully saturated rings. The van der Waals surface area contributed by atoms with Crippen molar-refractivity contribution in [1.82, 2.24) is 18.7 Å². The van der Waals surface area contributed by atoms with Crippen LogP contribution in [0.1, 0.15) is 25.0 Å². The van der Waals surface area contributed by atoms with E-state index in [0.717, 1.165) is 45.1 Å². The maximum absolute atomic E-state index is 5.36. The Morgan fingerprint density at radius 2 is 0.577 bits per heavy atom. The third-order valence-electron chi connectivity index (χ3n) is 16.8. The Bertz CT molecular complexity index is 4640. The Kier molecular flexibility index (Phi) is 9.65. The van der Waals surface area contributed by atoms with Crippen LogP contribution in [0.3, 0.4) is 0 Å². The third-order valence-corrected chi connectivity index (χ3v) is 16.8. The molecular weight excluding hydrogens is 945 g/mol. The molecule has 366 valence electrons. The normalized spacial score (nSPS) is 12.8. The van der Waals surface area contributed by atoms with Gasteiger partial charge in [-0.05, 0) is 136 Å². The number of aromatic nitrogens is 4. The molecule has 1 aliphatic carbocycles. The van der Waals surface area contributed by atoms with Crippen molar-refractivity contribution in [2.75, 3.05) is 0 Å². The van der Waals surface area contributed by atoms with Crippen molar-refractivity contribution in [2.45, 2.75) is 19.3 Å². The van der Waals surface area contributed by atoms with Crippen LogP contribution in [0.15, 0.2) is 267 Å². The lowest BCUT2D eigenvalue weighted by Gasteiger charge is -2.23. The van der Waals surface area contributed by atoms with Gasteiger partial charge in [0.2, 0.25) is 0 Å². The summed E-state index contributed by atoms with van der Waals surface area (Å²) in [5.74, 6) is 0. The lowest BCUT2D eigenvalue weighted by molar-refractivity contribution is 0.661. The molecule has 0 aliphatic heterocycles. The van der Waals surface area contributed by atoms with Gasteiger partial charge in [0.25, 0.3) is 0 Å². The second-order valence-electron chi connectivity index (χ2n) is 21.5. The van der Waals surface area contributed by atoms with Crippen molar-refractivity contribution in [3.63, 3.8) is 0 Å². The number of rotatable bonds is 7. The van der Waals surface area contributed by atoms with Crippen molar-refractivity contribution in [1.29, 1.82) is 0 Å². The Balaban J connectivity index is 0.815. The third kappa shape index (κ3) is 6.69. The van der Waals surface area contributed by atoms with Gasteiger partial charge < -0.3 is 13.7 Å². The Labute approximate surface area is 452 Å². The fourth-order valence-electron chi connectivity index (χ4n) is 13.1. The number of hydrogen-bond donors (Lipinski definition) is 0. The summed E-state index contributed by atoms with van der Waals surface area (Å²) in [6, 6.07) is 98.1. The summed E-state index contributed by atoms with van der Waals surface area (Å²) in [6.45, 7) is 4.80. The molecule has 0 spiro atoms. The van der Waals surface area contributed by atoms with Gasteiger partial charge in [-0.3, -0.25) is 0 Å². The highest BCUT2D eigenvalue weighted by molar-refractivity contribution is 6.11. The Morgan fingerprint density at radius 3 is 0.974 bits per heavy atom. The van der Waals surface area contributed by atoms with Crippen LogP contribution in [0.5, 0.6) is 0 Å². The number of nitrogens with zero attached hydrogens (tertiary/aromatic N) is 4. The van der Waals surface area contributed by atoms with E-state index in [4.69, 9.17) is 4.98 Å². The van der Waals surface area contributed by atoms with Crippen LogP contribution in [0.4, 0.5) is 0 Å². The van der Waals surface area contributed by atoms with Gasteiger partial charge >= 0.3 is 0 Å². The van der Waals surface area contributed by atoms with Crippen molar-refractivity contribution in [2.24, 2.45) is 0 Å². The summed E-state index contributed by atoms with van der Waals surface area (Å²) >= 11 is 0. The average molecular weight is 995 g/mol. The van der Waals surface area contributed by atoms with Crippen LogP contribution in [0.25, 0.3) is 138 Å². The van der Waals surface area contributed by atoms with E-state index in [2.05, 4.69) is 294 Å². The van der Waals surface area contributed by atoms with E-state index < -0.39 is 0 Å². The topological polar surface area (TPSA) is 27.7 Å². The average Bonchev–Trinajstić information content (AvgIpc) is 4.35. The molecule has 0 amide bonds. The SMILES string of the molecule is CC1(C)c2cc(-c3cc(-n4c5ccccc5c5ccccc54)cc(-n4c5ccccc5c5ccccc54)c3)ccc2-c2ccc(-c3cc(-c4ccccc4)nc(-c4ccc(-n5c6ccccc6c6ccccc65)cc4)c3)cc21. The quantitative estimate of drug-likeness (QED) is 0.156. The molecular formula is C74H50N4. The van der Waals surface area contributed by atoms with Gasteiger partial charge in [0.15, 0.2) is 0 Å². The van der Waals surface area contributed by atoms with Gasteiger partial charge in [0, 0.05) is 65.9 Å². The first-order valence-corrected chi connectivity index (χ1v) is 27.0. The minimum Gasteiger partial charge on any atom is -0.309 e. The number of benzene rings is 11. The van der Waals surface area contributed by atoms with Crippen LogP contribution in [0, 0.1) is 0 Å². The van der Waals surface area contributed by atoms with Crippen LogP contribution in [0.2, 0.25) is 0 Å². The van der Waals surface area contributed by atoms with Crippen LogP contribution >= 0.6 is 0 Å². The molecule has 11 aromatic carbocycles. The lowest BCUT2D eigenvalue weighted by Crippen LogP contribution is -2.15. The van der Waals surface area contributed by atoms with Crippen LogP contribution in [-0.2, 0) is 5.41 Å². The lowest BCUT2D eigenvalue weighted by atomic mass is 9.80. The van der Waals surface area contributed by atoms with E-state index in [1.54, 1.807) is 0 Å². The molecule has 1 aliphatic rings. The van der Waals surface area contributed by atoms with Gasteiger partial charge in [-0.1, -0.05) is 190 Å². The summed E-state index contributed by atoms with van der Waals surface area (Å²) in [5.41, 5.74) is 24.2. The highest BCUT2D eigenvalue weighted by Gasteiger charge is 2.36.